The second kappa shape index (κ2) is 8.72. The minimum atomic E-state index is -0.170. The highest BCUT2D eigenvalue weighted by molar-refractivity contribution is 7.19. The lowest BCUT2D eigenvalue weighted by Gasteiger charge is -2.28. The van der Waals surface area contributed by atoms with Crippen molar-refractivity contribution >= 4 is 55.4 Å². The molecule has 7 nitrogen and oxygen atoms in total. The van der Waals surface area contributed by atoms with E-state index in [4.69, 9.17) is 4.74 Å². The van der Waals surface area contributed by atoms with Crippen molar-refractivity contribution in [3.05, 3.63) is 59.6 Å². The van der Waals surface area contributed by atoms with Gasteiger partial charge in [0.15, 0.2) is 0 Å². The van der Waals surface area contributed by atoms with Crippen molar-refractivity contribution in [2.45, 2.75) is 25.5 Å². The predicted molar refractivity (Wildman–Crippen MR) is 133 cm³/mol. The number of anilines is 3. The maximum atomic E-state index is 13.3. The first-order valence-electron chi connectivity index (χ1n) is 11.3. The first-order valence-corrected chi connectivity index (χ1v) is 12.1. The highest BCUT2D eigenvalue weighted by Gasteiger charge is 2.30. The summed E-state index contributed by atoms with van der Waals surface area (Å²) in [7, 11) is 0. The molecule has 1 fully saturated rings. The number of nitrogens with one attached hydrogen (secondary N) is 3. The van der Waals surface area contributed by atoms with Crippen LogP contribution in [-0.2, 0) is 11.3 Å². The number of pyridine rings is 1. The van der Waals surface area contributed by atoms with Crippen LogP contribution < -0.4 is 20.9 Å². The minimum absolute atomic E-state index is 0.170. The first-order chi connectivity index (χ1) is 16.3. The molecule has 2 aromatic carbocycles. The number of carbonyl (C=O) groups is 1. The molecule has 1 saturated heterocycles. The Labute approximate surface area is 195 Å². The molecule has 4 aromatic rings. The van der Waals surface area contributed by atoms with Crippen molar-refractivity contribution in [3.8, 4) is 0 Å². The summed E-state index contributed by atoms with van der Waals surface area (Å²) in [6.07, 6.45) is 4.12. The van der Waals surface area contributed by atoms with Crippen LogP contribution in [0.25, 0.3) is 21.0 Å². The molecule has 0 saturated carbocycles. The maximum Gasteiger partial charge on any atom is 0.331 e. The number of carbonyl (C=O) groups excluding carboxylic acids is 1. The number of benzene rings is 2. The third kappa shape index (κ3) is 3.85. The molecule has 0 aliphatic carbocycles. The van der Waals surface area contributed by atoms with Gasteiger partial charge < -0.3 is 15.4 Å². The number of urea groups is 1. The number of aromatic nitrogens is 1. The molecule has 33 heavy (non-hydrogen) atoms. The molecular formula is C25H25N5O2S. The average molecular weight is 460 g/mol. The lowest BCUT2D eigenvalue weighted by molar-refractivity contribution is 0.0943. The van der Waals surface area contributed by atoms with E-state index in [0.717, 1.165) is 56.0 Å². The van der Waals surface area contributed by atoms with Crippen LogP contribution in [0.4, 0.5) is 21.9 Å². The van der Waals surface area contributed by atoms with Gasteiger partial charge in [0.05, 0.1) is 40.7 Å². The fourth-order valence-electron chi connectivity index (χ4n) is 4.66. The van der Waals surface area contributed by atoms with E-state index < -0.39 is 0 Å². The number of ether oxygens (including phenoxy) is 1. The zero-order chi connectivity index (χ0) is 22.2. The van der Waals surface area contributed by atoms with E-state index >= 15 is 0 Å². The number of nitrogens with zero attached hydrogens (tertiary/aromatic N) is 2. The lowest BCUT2D eigenvalue weighted by Crippen LogP contribution is -2.43. The summed E-state index contributed by atoms with van der Waals surface area (Å²) in [5.74, 6) is 0. The number of rotatable bonds is 6. The summed E-state index contributed by atoms with van der Waals surface area (Å²) < 4.78 is 5.93. The van der Waals surface area contributed by atoms with Gasteiger partial charge in [-0.1, -0.05) is 30.3 Å². The number of thiophene rings is 1. The van der Waals surface area contributed by atoms with Gasteiger partial charge in [0.25, 0.3) is 0 Å². The van der Waals surface area contributed by atoms with Crippen LogP contribution in [0.2, 0.25) is 0 Å². The first kappa shape index (κ1) is 20.6. The van der Waals surface area contributed by atoms with Crippen LogP contribution >= 0.6 is 11.3 Å². The molecule has 0 bridgehead atoms. The van der Waals surface area contributed by atoms with E-state index in [1.54, 1.807) is 22.4 Å². The van der Waals surface area contributed by atoms with E-state index in [1.807, 2.05) is 36.4 Å². The smallest absolute Gasteiger partial charge is 0.331 e. The predicted octanol–water partition coefficient (Wildman–Crippen LogP) is 4.95. The molecule has 2 aliphatic rings. The highest BCUT2D eigenvalue weighted by Crippen LogP contribution is 2.46. The Hall–Kier alpha value is -3.04. The molecule has 1 atom stereocenters. The molecule has 8 heteroatoms. The molecule has 6 rings (SSSR count). The average Bonchev–Trinajstić information content (AvgIpc) is 3.20. The van der Waals surface area contributed by atoms with E-state index in [9.17, 15) is 4.79 Å². The Morgan fingerprint density at radius 2 is 2.09 bits per heavy atom. The van der Waals surface area contributed by atoms with Crippen molar-refractivity contribution in [1.82, 2.24) is 15.6 Å². The number of fused-ring (bicyclic) bond motifs is 1. The summed E-state index contributed by atoms with van der Waals surface area (Å²) >= 11 is 1.57. The Morgan fingerprint density at radius 1 is 1.18 bits per heavy atom. The topological polar surface area (TPSA) is 78.5 Å². The zero-order valence-electron chi connectivity index (χ0n) is 18.1. The summed E-state index contributed by atoms with van der Waals surface area (Å²) in [5.41, 5.74) is 2.50. The van der Waals surface area contributed by atoms with E-state index in [0.29, 0.717) is 19.4 Å². The summed E-state index contributed by atoms with van der Waals surface area (Å²) in [4.78, 5) is 21.5. The Balaban J connectivity index is 1.27. The van der Waals surface area contributed by atoms with Crippen LogP contribution in [0.3, 0.4) is 0 Å². The summed E-state index contributed by atoms with van der Waals surface area (Å²) in [5, 5.41) is 13.2. The quantitative estimate of drug-likeness (QED) is 0.281. The van der Waals surface area contributed by atoms with Gasteiger partial charge in [0.1, 0.15) is 4.83 Å². The van der Waals surface area contributed by atoms with Crippen LogP contribution in [0.15, 0.2) is 54.7 Å². The van der Waals surface area contributed by atoms with Gasteiger partial charge in [0, 0.05) is 18.8 Å². The van der Waals surface area contributed by atoms with Gasteiger partial charge in [0.2, 0.25) is 0 Å². The number of hydrogen-bond donors (Lipinski definition) is 3. The van der Waals surface area contributed by atoms with Crippen LogP contribution in [-0.4, -0.2) is 36.9 Å². The largest absolute Gasteiger partial charge is 0.361 e. The summed E-state index contributed by atoms with van der Waals surface area (Å²) in [6, 6.07) is 16.4. The Kier molecular flexibility index (Phi) is 5.43. The molecule has 168 valence electrons. The molecule has 0 radical (unpaired) electrons. The molecule has 2 amide bonds. The van der Waals surface area contributed by atoms with Crippen molar-refractivity contribution < 1.29 is 9.53 Å². The molecule has 0 unspecified atom stereocenters. The fraction of sp³-hybridized carbons (Fsp3) is 0.280. The minimum Gasteiger partial charge on any atom is -0.361 e. The molecule has 3 N–H and O–H groups in total. The number of hydrogen-bond acceptors (Lipinski definition) is 6. The van der Waals surface area contributed by atoms with Crippen molar-refractivity contribution in [2.24, 2.45) is 0 Å². The van der Waals surface area contributed by atoms with Gasteiger partial charge in [-0.05, 0) is 48.4 Å². The second-order valence-corrected chi connectivity index (χ2v) is 9.53. The standard InChI is InChI=1S/C25H25N5O2S/c31-25-29-23-21(14-32-15-28-18-6-3-10-26-13-18)33-24-22(23)20(9-11-27-24)30(25)19-8-7-16-4-1-2-5-17(16)12-19/h1-2,4-5,7-9,11-12,18,26,28H,3,6,10,13-15H2,(H,29,31)/t18-/m1/s1. The van der Waals surface area contributed by atoms with Crippen molar-refractivity contribution in [3.63, 3.8) is 0 Å². The van der Waals surface area contributed by atoms with Gasteiger partial charge in [-0.3, -0.25) is 10.2 Å². The van der Waals surface area contributed by atoms with Crippen LogP contribution in [0.1, 0.15) is 17.7 Å². The third-order valence-corrected chi connectivity index (χ3v) is 7.39. The van der Waals surface area contributed by atoms with Gasteiger partial charge in [-0.25, -0.2) is 9.78 Å². The maximum absolute atomic E-state index is 13.3. The second-order valence-electron chi connectivity index (χ2n) is 8.45. The van der Waals surface area contributed by atoms with E-state index in [1.165, 1.54) is 12.8 Å². The molecular weight excluding hydrogens is 434 g/mol. The molecule has 2 aromatic heterocycles. The Bertz CT molecular complexity index is 1330. The Morgan fingerprint density at radius 3 is 2.97 bits per heavy atom. The van der Waals surface area contributed by atoms with Crippen LogP contribution in [0, 0.1) is 0 Å². The van der Waals surface area contributed by atoms with Gasteiger partial charge in [-0.15, -0.1) is 11.3 Å². The SMILES string of the molecule is O=C1Nc2c(COCN[C@@H]3CCCNC3)sc3nccc(c23)N1c1ccc2ccccc2c1. The van der Waals surface area contributed by atoms with Gasteiger partial charge in [-0.2, -0.15) is 0 Å². The number of piperidine rings is 1. The molecule has 4 heterocycles. The third-order valence-electron chi connectivity index (χ3n) is 6.31. The summed E-state index contributed by atoms with van der Waals surface area (Å²) in [6.45, 7) is 2.98. The molecule has 2 aliphatic heterocycles. The van der Waals surface area contributed by atoms with E-state index in [2.05, 4.69) is 33.1 Å². The fourth-order valence-corrected chi connectivity index (χ4v) is 5.72. The zero-order valence-corrected chi connectivity index (χ0v) is 19.0. The number of amides is 2. The van der Waals surface area contributed by atoms with Gasteiger partial charge >= 0.3 is 6.03 Å². The van der Waals surface area contributed by atoms with Crippen LogP contribution in [0.5, 0.6) is 0 Å². The van der Waals surface area contributed by atoms with Crippen molar-refractivity contribution in [1.29, 1.82) is 0 Å². The van der Waals surface area contributed by atoms with E-state index in [-0.39, 0.29) is 6.03 Å². The normalized spacial score (nSPS) is 18.1. The lowest BCUT2D eigenvalue weighted by atomic mass is 10.1. The molecule has 0 spiro atoms. The van der Waals surface area contributed by atoms with Crippen molar-refractivity contribution in [2.75, 3.05) is 30.0 Å². The monoisotopic (exact) mass is 459 g/mol. The highest BCUT2D eigenvalue weighted by atomic mass is 32.1.